The molecule has 3 N–H and O–H groups in total. The second-order valence-electron chi connectivity index (χ2n) is 4.29. The van der Waals surface area contributed by atoms with Crippen LogP contribution < -0.4 is 10.5 Å². The molecule has 0 unspecified atom stereocenters. The molecular weight excluding hydrogens is 331 g/mol. The second-order valence-corrected chi connectivity index (χ2v) is 7.27. The lowest BCUT2D eigenvalue weighted by Gasteiger charge is -2.08. The Morgan fingerprint density at radius 1 is 1.38 bits per heavy atom. The highest BCUT2D eigenvalue weighted by molar-refractivity contribution is 7.89. The average molecular weight is 344 g/mol. The lowest BCUT2D eigenvalue weighted by molar-refractivity contribution is 0.580. The van der Waals surface area contributed by atoms with Crippen LogP contribution in [0, 0.1) is 5.82 Å². The van der Waals surface area contributed by atoms with E-state index in [1.54, 1.807) is 11.3 Å². The second kappa shape index (κ2) is 6.61. The molecule has 21 heavy (non-hydrogen) atoms. The number of thiocarbonyl (C=S) groups is 1. The van der Waals surface area contributed by atoms with Gasteiger partial charge in [0.1, 0.15) is 10.8 Å². The molecule has 4 nitrogen and oxygen atoms in total. The quantitative estimate of drug-likeness (QED) is 0.787. The van der Waals surface area contributed by atoms with E-state index in [0.717, 1.165) is 17.7 Å². The van der Waals surface area contributed by atoms with Crippen molar-refractivity contribution in [2.75, 3.05) is 6.54 Å². The van der Waals surface area contributed by atoms with Crippen LogP contribution in [0.2, 0.25) is 0 Å². The molecule has 1 aromatic heterocycles. The Kier molecular flexibility index (Phi) is 5.04. The van der Waals surface area contributed by atoms with Crippen molar-refractivity contribution in [3.63, 3.8) is 0 Å². The topological polar surface area (TPSA) is 72.2 Å². The first-order chi connectivity index (χ1) is 9.90. The summed E-state index contributed by atoms with van der Waals surface area (Å²) in [5.74, 6) is -0.639. The Hall–Kier alpha value is -1.35. The monoisotopic (exact) mass is 344 g/mol. The SMILES string of the molecule is NC(=S)c1cc(S(=O)(=O)NCCc2ccsc2)ccc1F. The van der Waals surface area contributed by atoms with Crippen LogP contribution in [0.15, 0.2) is 39.9 Å². The van der Waals surface area contributed by atoms with Gasteiger partial charge in [-0.15, -0.1) is 0 Å². The Labute approximate surface area is 131 Å². The standard InChI is InChI=1S/C13H13FN2O2S3/c14-12-2-1-10(7-11(12)13(15)19)21(17,18)16-5-3-9-4-6-20-8-9/h1-2,4,6-8,16H,3,5H2,(H2,15,19). The third-order valence-corrected chi connectivity index (χ3v) is 5.21. The van der Waals surface area contributed by atoms with Crippen molar-refractivity contribution in [3.05, 3.63) is 52.0 Å². The van der Waals surface area contributed by atoms with Gasteiger partial charge in [-0.1, -0.05) is 12.2 Å². The maximum absolute atomic E-state index is 13.5. The summed E-state index contributed by atoms with van der Waals surface area (Å²) < 4.78 is 40.2. The van der Waals surface area contributed by atoms with E-state index >= 15 is 0 Å². The van der Waals surface area contributed by atoms with Crippen LogP contribution in [0.1, 0.15) is 11.1 Å². The predicted molar refractivity (Wildman–Crippen MR) is 85.5 cm³/mol. The largest absolute Gasteiger partial charge is 0.389 e. The van der Waals surface area contributed by atoms with E-state index in [-0.39, 0.29) is 22.0 Å². The molecule has 0 saturated heterocycles. The molecule has 8 heteroatoms. The van der Waals surface area contributed by atoms with Crippen LogP contribution >= 0.6 is 23.6 Å². The Bertz CT molecular complexity index is 743. The van der Waals surface area contributed by atoms with Gasteiger partial charge in [0, 0.05) is 12.1 Å². The molecule has 2 aromatic rings. The summed E-state index contributed by atoms with van der Waals surface area (Å²) in [6.07, 6.45) is 0.589. The predicted octanol–water partition coefficient (Wildman–Crippen LogP) is 2.04. The van der Waals surface area contributed by atoms with E-state index in [0.29, 0.717) is 6.42 Å². The third kappa shape index (κ3) is 4.07. The molecule has 0 radical (unpaired) electrons. The highest BCUT2D eigenvalue weighted by Crippen LogP contribution is 2.15. The highest BCUT2D eigenvalue weighted by atomic mass is 32.2. The number of hydrogen-bond donors (Lipinski definition) is 2. The summed E-state index contributed by atoms with van der Waals surface area (Å²) in [4.78, 5) is -0.236. The van der Waals surface area contributed by atoms with Crippen molar-refractivity contribution in [3.8, 4) is 0 Å². The molecular formula is C13H13FN2O2S3. The van der Waals surface area contributed by atoms with E-state index in [1.165, 1.54) is 6.07 Å². The van der Waals surface area contributed by atoms with Crippen LogP contribution in [-0.2, 0) is 16.4 Å². The van der Waals surface area contributed by atoms with Gasteiger partial charge in [0.25, 0.3) is 0 Å². The van der Waals surface area contributed by atoms with Crippen LogP contribution in [-0.4, -0.2) is 20.0 Å². The number of benzene rings is 1. The Morgan fingerprint density at radius 3 is 2.76 bits per heavy atom. The summed E-state index contributed by atoms with van der Waals surface area (Å²) in [5.41, 5.74) is 6.35. The molecule has 0 aliphatic carbocycles. The van der Waals surface area contributed by atoms with Crippen LogP contribution in [0.5, 0.6) is 0 Å². The summed E-state index contributed by atoms with van der Waals surface area (Å²) in [6.45, 7) is 0.263. The average Bonchev–Trinajstić information content (AvgIpc) is 2.91. The number of rotatable bonds is 6. The molecule has 1 heterocycles. The minimum Gasteiger partial charge on any atom is -0.389 e. The van der Waals surface area contributed by atoms with Gasteiger partial charge in [0.05, 0.1) is 4.90 Å². The summed E-state index contributed by atoms with van der Waals surface area (Å²) >= 11 is 6.25. The zero-order valence-corrected chi connectivity index (χ0v) is 13.3. The maximum atomic E-state index is 13.5. The lowest BCUT2D eigenvalue weighted by atomic mass is 10.2. The first-order valence-electron chi connectivity index (χ1n) is 6.00. The van der Waals surface area contributed by atoms with Gasteiger partial charge >= 0.3 is 0 Å². The maximum Gasteiger partial charge on any atom is 0.240 e. The number of nitrogens with one attached hydrogen (secondary N) is 1. The van der Waals surface area contributed by atoms with Gasteiger partial charge in [-0.2, -0.15) is 11.3 Å². The minimum absolute atomic E-state index is 0.0583. The summed E-state index contributed by atoms with van der Waals surface area (Å²) in [6, 6.07) is 5.30. The number of sulfonamides is 1. The van der Waals surface area contributed by atoms with Crippen LogP contribution in [0.4, 0.5) is 4.39 Å². The molecule has 1 aromatic carbocycles. The summed E-state index contributed by atoms with van der Waals surface area (Å²) in [5, 5.41) is 3.88. The lowest BCUT2D eigenvalue weighted by Crippen LogP contribution is -2.26. The molecule has 0 amide bonds. The third-order valence-electron chi connectivity index (χ3n) is 2.80. The molecule has 0 spiro atoms. The van der Waals surface area contributed by atoms with E-state index in [4.69, 9.17) is 18.0 Å². The van der Waals surface area contributed by atoms with Gasteiger partial charge < -0.3 is 5.73 Å². The molecule has 0 bridgehead atoms. The van der Waals surface area contributed by atoms with Gasteiger partial charge in [0.2, 0.25) is 10.0 Å². The molecule has 0 aliphatic heterocycles. The summed E-state index contributed by atoms with van der Waals surface area (Å²) in [7, 11) is -3.71. The van der Waals surface area contributed by atoms with E-state index in [9.17, 15) is 12.8 Å². The fourth-order valence-electron chi connectivity index (χ4n) is 1.71. The molecule has 0 aliphatic rings. The van der Waals surface area contributed by atoms with E-state index in [2.05, 4.69) is 4.72 Å². The van der Waals surface area contributed by atoms with E-state index in [1.807, 2.05) is 16.8 Å². The Morgan fingerprint density at radius 2 is 2.14 bits per heavy atom. The zero-order chi connectivity index (χ0) is 15.5. The molecule has 0 fully saturated rings. The molecule has 0 atom stereocenters. The van der Waals surface area contributed by atoms with Crippen molar-refractivity contribution in [1.29, 1.82) is 0 Å². The number of thiophene rings is 1. The number of nitrogens with two attached hydrogens (primary N) is 1. The smallest absolute Gasteiger partial charge is 0.240 e. The van der Waals surface area contributed by atoms with Gasteiger partial charge in [-0.3, -0.25) is 0 Å². The number of halogens is 1. The first-order valence-corrected chi connectivity index (χ1v) is 8.83. The fraction of sp³-hybridized carbons (Fsp3) is 0.154. The van der Waals surface area contributed by atoms with Crippen molar-refractivity contribution >= 4 is 38.6 Å². The van der Waals surface area contributed by atoms with Crippen molar-refractivity contribution in [1.82, 2.24) is 4.72 Å². The van der Waals surface area contributed by atoms with Gasteiger partial charge in [0.15, 0.2) is 0 Å². The van der Waals surface area contributed by atoms with Crippen molar-refractivity contribution in [2.45, 2.75) is 11.3 Å². The van der Waals surface area contributed by atoms with Gasteiger partial charge in [-0.25, -0.2) is 17.5 Å². The molecule has 0 saturated carbocycles. The normalized spacial score (nSPS) is 11.5. The van der Waals surface area contributed by atoms with Gasteiger partial charge in [-0.05, 0) is 47.0 Å². The van der Waals surface area contributed by atoms with Crippen LogP contribution in [0.25, 0.3) is 0 Å². The molecule has 2 rings (SSSR count). The fourth-order valence-corrected chi connectivity index (χ4v) is 3.63. The minimum atomic E-state index is -3.71. The van der Waals surface area contributed by atoms with Crippen LogP contribution in [0.3, 0.4) is 0 Å². The zero-order valence-electron chi connectivity index (χ0n) is 10.9. The van der Waals surface area contributed by atoms with Crippen molar-refractivity contribution in [2.24, 2.45) is 5.73 Å². The van der Waals surface area contributed by atoms with E-state index < -0.39 is 15.8 Å². The van der Waals surface area contributed by atoms with Crippen molar-refractivity contribution < 1.29 is 12.8 Å². The highest BCUT2D eigenvalue weighted by Gasteiger charge is 2.16. The molecule has 112 valence electrons. The number of hydrogen-bond acceptors (Lipinski definition) is 4. The Balaban J connectivity index is 2.12. The first kappa shape index (κ1) is 16.0.